The molecule has 2 aliphatic carbocycles. The normalized spacial score (nSPS) is 27.5. The molecule has 1 saturated carbocycles. The highest BCUT2D eigenvalue weighted by atomic mass is 32.1. The molecule has 0 spiro atoms. The average Bonchev–Trinajstić information content (AvgIpc) is 3.20. The number of carbonyl (C=O) groups is 3. The van der Waals surface area contributed by atoms with Gasteiger partial charge in [0.1, 0.15) is 5.00 Å². The molecule has 2 N–H and O–H groups in total. The van der Waals surface area contributed by atoms with Crippen LogP contribution in [-0.4, -0.2) is 29.1 Å². The van der Waals surface area contributed by atoms with Crippen molar-refractivity contribution >= 4 is 34.2 Å². The van der Waals surface area contributed by atoms with E-state index in [1.54, 1.807) is 25.3 Å². The third kappa shape index (κ3) is 2.96. The average molecular weight is 349 g/mol. The van der Waals surface area contributed by atoms with Crippen LogP contribution in [0.15, 0.2) is 23.6 Å². The number of carboxylic acids is 1. The number of rotatable bonds is 5. The Hall–Kier alpha value is -2.15. The van der Waals surface area contributed by atoms with E-state index >= 15 is 0 Å². The second-order valence-electron chi connectivity index (χ2n) is 6.44. The van der Waals surface area contributed by atoms with E-state index in [-0.39, 0.29) is 23.8 Å². The molecule has 6 nitrogen and oxygen atoms in total. The molecule has 1 amide bonds. The van der Waals surface area contributed by atoms with Crippen molar-refractivity contribution < 1.29 is 24.2 Å². The first kappa shape index (κ1) is 16.7. The van der Waals surface area contributed by atoms with Crippen molar-refractivity contribution in [3.63, 3.8) is 0 Å². The van der Waals surface area contributed by atoms with E-state index in [1.807, 2.05) is 12.2 Å². The molecule has 2 aliphatic rings. The Labute approximate surface area is 143 Å². The van der Waals surface area contributed by atoms with E-state index in [9.17, 15) is 19.5 Å². The van der Waals surface area contributed by atoms with Gasteiger partial charge in [0.05, 0.1) is 23.5 Å². The minimum absolute atomic E-state index is 0.0536. The second kappa shape index (κ2) is 6.39. The molecule has 0 aromatic carbocycles. The van der Waals surface area contributed by atoms with E-state index in [1.165, 1.54) is 11.3 Å². The zero-order valence-corrected chi connectivity index (χ0v) is 14.2. The summed E-state index contributed by atoms with van der Waals surface area (Å²) >= 11 is 1.22. The molecule has 0 radical (unpaired) electrons. The number of amides is 1. The number of hydrogen-bond acceptors (Lipinski definition) is 5. The summed E-state index contributed by atoms with van der Waals surface area (Å²) in [6, 6.07) is 1.60. The van der Waals surface area contributed by atoms with Crippen molar-refractivity contribution in [3.05, 3.63) is 29.2 Å². The first-order chi connectivity index (χ1) is 11.4. The lowest BCUT2D eigenvalue weighted by Gasteiger charge is -2.23. The monoisotopic (exact) mass is 349 g/mol. The fraction of sp³-hybridized carbons (Fsp3) is 0.471. The number of ether oxygens (including phenoxy) is 1. The number of allylic oxidation sites excluding steroid dienone is 2. The first-order valence-corrected chi connectivity index (χ1v) is 8.77. The molecule has 0 aliphatic heterocycles. The smallest absolute Gasteiger partial charge is 0.341 e. The summed E-state index contributed by atoms with van der Waals surface area (Å²) in [7, 11) is 0. The summed E-state index contributed by atoms with van der Waals surface area (Å²) < 4.78 is 5.16. The van der Waals surface area contributed by atoms with Crippen LogP contribution in [0.1, 0.15) is 30.6 Å². The minimum Gasteiger partial charge on any atom is -0.481 e. The van der Waals surface area contributed by atoms with Crippen LogP contribution >= 0.6 is 11.3 Å². The van der Waals surface area contributed by atoms with Gasteiger partial charge in [-0.3, -0.25) is 9.59 Å². The number of nitrogens with one attached hydrogen (secondary N) is 1. The molecule has 1 fully saturated rings. The molecule has 4 atom stereocenters. The number of fused-ring (bicyclic) bond motifs is 2. The van der Waals surface area contributed by atoms with Gasteiger partial charge in [0.15, 0.2) is 0 Å². The number of esters is 1. The predicted molar refractivity (Wildman–Crippen MR) is 88.9 cm³/mol. The van der Waals surface area contributed by atoms with Gasteiger partial charge >= 0.3 is 11.9 Å². The van der Waals surface area contributed by atoms with E-state index in [2.05, 4.69) is 5.32 Å². The summed E-state index contributed by atoms with van der Waals surface area (Å²) in [5.74, 6) is -3.24. The van der Waals surface area contributed by atoms with Crippen LogP contribution in [0.3, 0.4) is 0 Å². The maximum atomic E-state index is 12.7. The van der Waals surface area contributed by atoms with Crippen molar-refractivity contribution in [2.24, 2.45) is 23.7 Å². The molecule has 0 saturated heterocycles. The van der Waals surface area contributed by atoms with Gasteiger partial charge in [-0.15, -0.1) is 11.3 Å². The van der Waals surface area contributed by atoms with Crippen molar-refractivity contribution in [2.45, 2.75) is 26.4 Å². The van der Waals surface area contributed by atoms with Crippen molar-refractivity contribution in [3.8, 4) is 0 Å². The van der Waals surface area contributed by atoms with Gasteiger partial charge in [-0.2, -0.15) is 0 Å². The lowest BCUT2D eigenvalue weighted by Crippen LogP contribution is -2.36. The molecule has 1 aromatic heterocycles. The molecule has 128 valence electrons. The quantitative estimate of drug-likeness (QED) is 0.630. The maximum absolute atomic E-state index is 12.7. The number of aliphatic carboxylic acids is 1. The van der Waals surface area contributed by atoms with Gasteiger partial charge in [-0.25, -0.2) is 4.79 Å². The van der Waals surface area contributed by atoms with Crippen molar-refractivity contribution in [1.29, 1.82) is 0 Å². The molecule has 2 bridgehead atoms. The Kier molecular flexibility index (Phi) is 4.45. The molecule has 1 aromatic rings. The highest BCUT2D eigenvalue weighted by Crippen LogP contribution is 2.48. The summed E-state index contributed by atoms with van der Waals surface area (Å²) in [4.78, 5) is 36.2. The van der Waals surface area contributed by atoms with E-state index in [4.69, 9.17) is 4.74 Å². The molecule has 24 heavy (non-hydrogen) atoms. The number of thiophene rings is 1. The zero-order valence-electron chi connectivity index (χ0n) is 13.4. The molecule has 1 heterocycles. The Balaban J connectivity index is 1.76. The lowest BCUT2D eigenvalue weighted by molar-refractivity contribution is -0.146. The Morgan fingerprint density at radius 3 is 2.54 bits per heavy atom. The van der Waals surface area contributed by atoms with E-state index in [0.29, 0.717) is 17.0 Å². The van der Waals surface area contributed by atoms with Gasteiger partial charge in [-0.05, 0) is 43.6 Å². The highest BCUT2D eigenvalue weighted by molar-refractivity contribution is 7.14. The molecule has 0 unspecified atom stereocenters. The predicted octanol–water partition coefficient (Wildman–Crippen LogP) is 2.77. The maximum Gasteiger partial charge on any atom is 0.341 e. The van der Waals surface area contributed by atoms with Gasteiger partial charge in [0.2, 0.25) is 5.91 Å². The van der Waals surface area contributed by atoms with Gasteiger partial charge in [0, 0.05) is 0 Å². The van der Waals surface area contributed by atoms with Gasteiger partial charge in [-0.1, -0.05) is 12.2 Å². The molecule has 3 rings (SSSR count). The summed E-state index contributed by atoms with van der Waals surface area (Å²) in [6.45, 7) is 3.50. The number of carboxylic acid groups (broad SMARTS) is 1. The SMILES string of the molecule is CC(C)OC(=O)c1ccsc1NC(=O)[C@H]1[C@@H](C(=O)O)[C@H]2C=C[C@@H]1C2. The van der Waals surface area contributed by atoms with E-state index in [0.717, 1.165) is 0 Å². The Bertz CT molecular complexity index is 708. The molecule has 7 heteroatoms. The Morgan fingerprint density at radius 1 is 1.25 bits per heavy atom. The van der Waals surface area contributed by atoms with Crippen LogP contribution in [-0.2, 0) is 14.3 Å². The highest BCUT2D eigenvalue weighted by Gasteiger charge is 2.51. The number of hydrogen-bond donors (Lipinski definition) is 2. The largest absolute Gasteiger partial charge is 0.481 e. The van der Waals surface area contributed by atoms with Crippen LogP contribution < -0.4 is 5.32 Å². The van der Waals surface area contributed by atoms with E-state index < -0.39 is 23.8 Å². The van der Waals surface area contributed by atoms with Gasteiger partial charge in [0.25, 0.3) is 0 Å². The minimum atomic E-state index is -0.947. The van der Waals surface area contributed by atoms with Crippen LogP contribution in [0.25, 0.3) is 0 Å². The van der Waals surface area contributed by atoms with Crippen LogP contribution in [0.5, 0.6) is 0 Å². The summed E-state index contributed by atoms with van der Waals surface area (Å²) in [6.07, 6.45) is 4.26. The first-order valence-electron chi connectivity index (χ1n) is 7.89. The molecular formula is C17H19NO5S. The third-order valence-electron chi connectivity index (χ3n) is 4.51. The number of anilines is 1. The fourth-order valence-electron chi connectivity index (χ4n) is 3.56. The summed E-state index contributed by atoms with van der Waals surface area (Å²) in [5, 5.41) is 14.3. The number of carbonyl (C=O) groups excluding carboxylic acids is 2. The topological polar surface area (TPSA) is 92.7 Å². The standard InChI is InChI=1S/C17H19NO5S/c1-8(2)23-17(22)11-5-6-24-15(11)18-14(19)12-9-3-4-10(7-9)13(12)16(20)21/h3-6,8-10,12-13H,7H2,1-2H3,(H,18,19)(H,20,21)/t9-,10+,12-,13+/m1/s1. The van der Waals surface area contributed by atoms with Crippen LogP contribution in [0.2, 0.25) is 0 Å². The fourth-order valence-corrected chi connectivity index (χ4v) is 4.33. The second-order valence-corrected chi connectivity index (χ2v) is 7.36. The summed E-state index contributed by atoms with van der Waals surface area (Å²) in [5.41, 5.74) is 0.299. The van der Waals surface area contributed by atoms with Crippen molar-refractivity contribution in [2.75, 3.05) is 5.32 Å². The van der Waals surface area contributed by atoms with Crippen molar-refractivity contribution in [1.82, 2.24) is 0 Å². The van der Waals surface area contributed by atoms with Crippen LogP contribution in [0, 0.1) is 23.7 Å². The zero-order chi connectivity index (χ0) is 17.4. The van der Waals surface area contributed by atoms with Crippen LogP contribution in [0.4, 0.5) is 5.00 Å². The molecular weight excluding hydrogens is 330 g/mol. The lowest BCUT2D eigenvalue weighted by atomic mass is 9.82. The van der Waals surface area contributed by atoms with Gasteiger partial charge < -0.3 is 15.2 Å². The Morgan fingerprint density at radius 2 is 1.92 bits per heavy atom. The third-order valence-corrected chi connectivity index (χ3v) is 5.34.